The minimum atomic E-state index is -1.63. The van der Waals surface area contributed by atoms with Crippen LogP contribution < -0.4 is 5.73 Å². The van der Waals surface area contributed by atoms with Crippen LogP contribution in [0.4, 0.5) is 10.1 Å². The van der Waals surface area contributed by atoms with Crippen LogP contribution in [0.3, 0.4) is 0 Å². The molecule has 0 aromatic heterocycles. The predicted octanol–water partition coefficient (Wildman–Crippen LogP) is 1.38. The lowest BCUT2D eigenvalue weighted by Crippen LogP contribution is -2.36. The molecule has 0 aliphatic heterocycles. The third-order valence-electron chi connectivity index (χ3n) is 2.64. The second kappa shape index (κ2) is 5.95. The Hall–Kier alpha value is -1.43. The van der Waals surface area contributed by atoms with Gasteiger partial charge in [0.25, 0.3) is 0 Å². The smallest absolute Gasteiger partial charge is 0.235 e. The zero-order valence-corrected chi connectivity index (χ0v) is 11.5. The van der Waals surface area contributed by atoms with Gasteiger partial charge in [0.05, 0.1) is 15.7 Å². The van der Waals surface area contributed by atoms with Gasteiger partial charge in [-0.3, -0.25) is 9.00 Å². The van der Waals surface area contributed by atoms with Crippen molar-refractivity contribution in [2.75, 3.05) is 18.5 Å². The molecular formula is C12H17FN2O2S. The van der Waals surface area contributed by atoms with Crippen molar-refractivity contribution in [2.45, 2.75) is 24.8 Å². The molecule has 1 rings (SSSR count). The van der Waals surface area contributed by atoms with Gasteiger partial charge in [-0.25, -0.2) is 4.39 Å². The molecule has 0 heterocycles. The first-order valence-corrected chi connectivity index (χ1v) is 6.84. The molecular weight excluding hydrogens is 255 g/mol. The molecule has 1 unspecified atom stereocenters. The van der Waals surface area contributed by atoms with Gasteiger partial charge in [0.15, 0.2) is 0 Å². The van der Waals surface area contributed by atoms with Crippen molar-refractivity contribution in [1.82, 2.24) is 4.90 Å². The SMILES string of the molecule is CC(C)N(C)C(=O)CS(=O)c1cc(F)ccc1N. The summed E-state index contributed by atoms with van der Waals surface area (Å²) in [4.78, 5) is 13.4. The Kier molecular flexibility index (Phi) is 4.84. The maximum absolute atomic E-state index is 13.0. The normalized spacial score (nSPS) is 12.5. The molecule has 0 radical (unpaired) electrons. The number of nitrogens with zero attached hydrogens (tertiary/aromatic N) is 1. The Labute approximate surface area is 108 Å². The Morgan fingerprint density at radius 1 is 1.50 bits per heavy atom. The third-order valence-corrected chi connectivity index (χ3v) is 4.00. The van der Waals surface area contributed by atoms with Crippen molar-refractivity contribution in [2.24, 2.45) is 0 Å². The molecule has 4 nitrogen and oxygen atoms in total. The summed E-state index contributed by atoms with van der Waals surface area (Å²) < 4.78 is 25.0. The molecule has 0 saturated carbocycles. The summed E-state index contributed by atoms with van der Waals surface area (Å²) in [6, 6.07) is 3.67. The Bertz CT molecular complexity index is 477. The van der Waals surface area contributed by atoms with Gasteiger partial charge < -0.3 is 10.6 Å². The Morgan fingerprint density at radius 2 is 2.11 bits per heavy atom. The zero-order chi connectivity index (χ0) is 13.9. The van der Waals surface area contributed by atoms with E-state index in [1.807, 2.05) is 13.8 Å². The fourth-order valence-corrected chi connectivity index (χ4v) is 2.44. The van der Waals surface area contributed by atoms with Gasteiger partial charge in [-0.05, 0) is 32.0 Å². The molecule has 0 spiro atoms. The molecule has 0 aliphatic carbocycles. The fraction of sp³-hybridized carbons (Fsp3) is 0.417. The highest BCUT2D eigenvalue weighted by Gasteiger charge is 2.18. The monoisotopic (exact) mass is 272 g/mol. The van der Waals surface area contributed by atoms with Crippen LogP contribution in [0, 0.1) is 5.82 Å². The summed E-state index contributed by atoms with van der Waals surface area (Å²) in [6.45, 7) is 3.72. The fourth-order valence-electron chi connectivity index (χ4n) is 1.29. The summed E-state index contributed by atoms with van der Waals surface area (Å²) in [5.41, 5.74) is 5.85. The van der Waals surface area contributed by atoms with Crippen LogP contribution >= 0.6 is 0 Å². The predicted molar refractivity (Wildman–Crippen MR) is 70.0 cm³/mol. The van der Waals surface area contributed by atoms with Crippen LogP contribution in [0.5, 0.6) is 0 Å². The van der Waals surface area contributed by atoms with Gasteiger partial charge in [-0.2, -0.15) is 0 Å². The lowest BCUT2D eigenvalue weighted by atomic mass is 10.3. The first-order chi connectivity index (χ1) is 8.32. The summed E-state index contributed by atoms with van der Waals surface area (Å²) >= 11 is 0. The van der Waals surface area contributed by atoms with E-state index in [2.05, 4.69) is 0 Å². The average molecular weight is 272 g/mol. The zero-order valence-electron chi connectivity index (χ0n) is 10.6. The maximum atomic E-state index is 13.0. The van der Waals surface area contributed by atoms with Crippen LogP contribution in [0.2, 0.25) is 0 Å². The maximum Gasteiger partial charge on any atom is 0.235 e. The summed E-state index contributed by atoms with van der Waals surface area (Å²) in [7, 11) is 0.00936. The molecule has 100 valence electrons. The highest BCUT2D eigenvalue weighted by Crippen LogP contribution is 2.18. The quantitative estimate of drug-likeness (QED) is 0.842. The molecule has 18 heavy (non-hydrogen) atoms. The first-order valence-electron chi connectivity index (χ1n) is 5.52. The number of nitrogen functional groups attached to an aromatic ring is 1. The number of halogens is 1. The molecule has 0 aliphatic rings. The number of hydrogen-bond acceptors (Lipinski definition) is 3. The van der Waals surface area contributed by atoms with E-state index in [0.717, 1.165) is 6.07 Å². The van der Waals surface area contributed by atoms with Gasteiger partial charge in [-0.1, -0.05) is 0 Å². The molecule has 6 heteroatoms. The van der Waals surface area contributed by atoms with E-state index < -0.39 is 16.6 Å². The third kappa shape index (κ3) is 3.53. The van der Waals surface area contributed by atoms with Crippen LogP contribution in [-0.4, -0.2) is 33.9 Å². The molecule has 0 fully saturated rings. The molecule has 0 saturated heterocycles. The largest absolute Gasteiger partial charge is 0.398 e. The second-order valence-electron chi connectivity index (χ2n) is 4.27. The van der Waals surface area contributed by atoms with E-state index in [1.165, 1.54) is 17.0 Å². The van der Waals surface area contributed by atoms with Crippen LogP contribution in [0.15, 0.2) is 23.1 Å². The van der Waals surface area contributed by atoms with Crippen molar-refractivity contribution < 1.29 is 13.4 Å². The van der Waals surface area contributed by atoms with Crippen LogP contribution in [-0.2, 0) is 15.6 Å². The molecule has 1 atom stereocenters. The molecule has 1 aromatic rings. The highest BCUT2D eigenvalue weighted by atomic mass is 32.2. The number of anilines is 1. The number of carbonyl (C=O) groups excluding carboxylic acids is 1. The number of nitrogens with two attached hydrogens (primary N) is 1. The first kappa shape index (κ1) is 14.6. The number of hydrogen-bond donors (Lipinski definition) is 1. The number of rotatable bonds is 4. The minimum absolute atomic E-state index is 0.0272. The standard InChI is InChI=1S/C12H17FN2O2S/c1-8(2)15(3)12(16)7-18(17)11-6-9(13)4-5-10(11)14/h4-6,8H,7,14H2,1-3H3. The van der Waals surface area contributed by atoms with Gasteiger partial charge in [-0.15, -0.1) is 0 Å². The minimum Gasteiger partial charge on any atom is -0.398 e. The van der Waals surface area contributed by atoms with E-state index in [0.29, 0.717) is 0 Å². The van der Waals surface area contributed by atoms with Crippen molar-refractivity contribution in [1.29, 1.82) is 0 Å². The van der Waals surface area contributed by atoms with E-state index in [4.69, 9.17) is 5.73 Å². The molecule has 1 aromatic carbocycles. The van der Waals surface area contributed by atoms with E-state index in [1.54, 1.807) is 7.05 Å². The molecule has 0 bridgehead atoms. The van der Waals surface area contributed by atoms with E-state index >= 15 is 0 Å². The van der Waals surface area contributed by atoms with E-state index in [9.17, 15) is 13.4 Å². The lowest BCUT2D eigenvalue weighted by molar-refractivity contribution is -0.128. The van der Waals surface area contributed by atoms with Crippen molar-refractivity contribution in [3.8, 4) is 0 Å². The number of amides is 1. The molecule has 2 N–H and O–H groups in total. The average Bonchev–Trinajstić information content (AvgIpc) is 2.30. The summed E-state index contributed by atoms with van der Waals surface area (Å²) in [5.74, 6) is -0.966. The summed E-state index contributed by atoms with van der Waals surface area (Å²) in [6.07, 6.45) is 0. The van der Waals surface area contributed by atoms with Crippen LogP contribution in [0.1, 0.15) is 13.8 Å². The number of benzene rings is 1. The van der Waals surface area contributed by atoms with Gasteiger partial charge >= 0.3 is 0 Å². The summed E-state index contributed by atoms with van der Waals surface area (Å²) in [5, 5.41) is 0. The Morgan fingerprint density at radius 3 is 2.67 bits per heavy atom. The van der Waals surface area contributed by atoms with Gasteiger partial charge in [0.1, 0.15) is 11.6 Å². The van der Waals surface area contributed by atoms with E-state index in [-0.39, 0.29) is 28.3 Å². The van der Waals surface area contributed by atoms with Crippen LogP contribution in [0.25, 0.3) is 0 Å². The Balaban J connectivity index is 2.83. The number of carbonyl (C=O) groups is 1. The second-order valence-corrected chi connectivity index (χ2v) is 5.69. The van der Waals surface area contributed by atoms with Gasteiger partial charge in [0.2, 0.25) is 5.91 Å². The van der Waals surface area contributed by atoms with Gasteiger partial charge in [0, 0.05) is 18.8 Å². The lowest BCUT2D eigenvalue weighted by Gasteiger charge is -2.21. The van der Waals surface area contributed by atoms with Crippen molar-refractivity contribution >= 4 is 22.4 Å². The van der Waals surface area contributed by atoms with Crippen molar-refractivity contribution in [3.63, 3.8) is 0 Å². The molecule has 1 amide bonds. The highest BCUT2D eigenvalue weighted by molar-refractivity contribution is 7.86. The van der Waals surface area contributed by atoms with Crippen molar-refractivity contribution in [3.05, 3.63) is 24.0 Å². The topological polar surface area (TPSA) is 63.4 Å².